The third-order valence-electron chi connectivity index (χ3n) is 4.05. The number of benzene rings is 1. The lowest BCUT2D eigenvalue weighted by molar-refractivity contribution is -0.142. The lowest BCUT2D eigenvalue weighted by Crippen LogP contribution is -2.24. The SMILES string of the molecule is CCOC(=O)Cc1csc(SC(C)C(=O)Nc2cc(S(=O)(=O)N(C)C)ccc2C)n1. The van der Waals surface area contributed by atoms with Gasteiger partial charge in [0.15, 0.2) is 4.34 Å². The molecule has 1 unspecified atom stereocenters. The molecule has 0 aliphatic heterocycles. The molecule has 0 fully saturated rings. The minimum absolute atomic E-state index is 0.0951. The van der Waals surface area contributed by atoms with Gasteiger partial charge in [-0.3, -0.25) is 9.59 Å². The molecule has 11 heteroatoms. The summed E-state index contributed by atoms with van der Waals surface area (Å²) in [6.07, 6.45) is 0.0951. The zero-order chi connectivity index (χ0) is 22.5. The van der Waals surface area contributed by atoms with Gasteiger partial charge in [0.25, 0.3) is 0 Å². The van der Waals surface area contributed by atoms with Gasteiger partial charge in [-0.25, -0.2) is 17.7 Å². The lowest BCUT2D eigenvalue weighted by Gasteiger charge is -2.16. The van der Waals surface area contributed by atoms with E-state index in [9.17, 15) is 18.0 Å². The highest BCUT2D eigenvalue weighted by Crippen LogP contribution is 2.29. The summed E-state index contributed by atoms with van der Waals surface area (Å²) in [5.41, 5.74) is 1.80. The number of aryl methyl sites for hydroxylation is 1. The van der Waals surface area contributed by atoms with Crippen molar-refractivity contribution >= 4 is 50.7 Å². The van der Waals surface area contributed by atoms with E-state index in [4.69, 9.17) is 4.74 Å². The first-order chi connectivity index (χ1) is 14.0. The molecule has 8 nitrogen and oxygen atoms in total. The van der Waals surface area contributed by atoms with Crippen molar-refractivity contribution in [2.24, 2.45) is 0 Å². The third kappa shape index (κ3) is 6.27. The Labute approximate surface area is 185 Å². The molecule has 1 aromatic carbocycles. The predicted molar refractivity (Wildman–Crippen MR) is 118 cm³/mol. The average Bonchev–Trinajstić information content (AvgIpc) is 3.09. The van der Waals surface area contributed by atoms with Crippen LogP contribution in [-0.2, 0) is 30.8 Å². The van der Waals surface area contributed by atoms with Crippen LogP contribution in [0.5, 0.6) is 0 Å². The molecule has 30 heavy (non-hydrogen) atoms. The van der Waals surface area contributed by atoms with Crippen molar-refractivity contribution in [3.8, 4) is 0 Å². The van der Waals surface area contributed by atoms with Gasteiger partial charge in [-0.05, 0) is 38.5 Å². The number of rotatable bonds is 9. The maximum atomic E-state index is 12.6. The molecule has 0 radical (unpaired) electrons. The van der Waals surface area contributed by atoms with Crippen LogP contribution in [-0.4, -0.2) is 55.5 Å². The smallest absolute Gasteiger partial charge is 0.311 e. The van der Waals surface area contributed by atoms with E-state index in [1.165, 1.54) is 49.3 Å². The number of thiazole rings is 1. The molecule has 164 valence electrons. The van der Waals surface area contributed by atoms with E-state index in [0.29, 0.717) is 22.3 Å². The number of anilines is 1. The number of amides is 1. The highest BCUT2D eigenvalue weighted by Gasteiger charge is 2.21. The summed E-state index contributed by atoms with van der Waals surface area (Å²) in [5.74, 6) is -0.613. The topological polar surface area (TPSA) is 106 Å². The van der Waals surface area contributed by atoms with Crippen LogP contribution < -0.4 is 5.32 Å². The first-order valence-electron chi connectivity index (χ1n) is 9.15. The molecule has 0 spiro atoms. The van der Waals surface area contributed by atoms with Crippen molar-refractivity contribution < 1.29 is 22.7 Å². The van der Waals surface area contributed by atoms with Gasteiger partial charge >= 0.3 is 5.97 Å². The molecule has 0 aliphatic carbocycles. The minimum Gasteiger partial charge on any atom is -0.466 e. The van der Waals surface area contributed by atoms with Crippen LogP contribution in [0.1, 0.15) is 25.1 Å². The van der Waals surface area contributed by atoms with Crippen molar-refractivity contribution in [1.82, 2.24) is 9.29 Å². The van der Waals surface area contributed by atoms with Crippen molar-refractivity contribution in [3.63, 3.8) is 0 Å². The zero-order valence-corrected chi connectivity index (χ0v) is 19.9. The molecule has 1 atom stereocenters. The molecule has 1 aromatic heterocycles. The molecule has 0 saturated carbocycles. The highest BCUT2D eigenvalue weighted by atomic mass is 32.2. The number of thioether (sulfide) groups is 1. The van der Waals surface area contributed by atoms with Crippen molar-refractivity contribution in [3.05, 3.63) is 34.8 Å². The Hall–Kier alpha value is -1.95. The van der Waals surface area contributed by atoms with E-state index < -0.39 is 15.3 Å². The van der Waals surface area contributed by atoms with Crippen LogP contribution in [0.15, 0.2) is 32.8 Å². The Morgan fingerprint density at radius 1 is 1.33 bits per heavy atom. The van der Waals surface area contributed by atoms with Gasteiger partial charge in [0.2, 0.25) is 15.9 Å². The molecule has 1 N–H and O–H groups in total. The lowest BCUT2D eigenvalue weighted by atomic mass is 10.2. The number of sulfonamides is 1. The molecule has 2 aromatic rings. The average molecular weight is 472 g/mol. The second-order valence-electron chi connectivity index (χ2n) is 6.60. The first kappa shape index (κ1) is 24.3. The fourth-order valence-corrected chi connectivity index (χ4v) is 5.24. The molecule has 0 bridgehead atoms. The van der Waals surface area contributed by atoms with E-state index >= 15 is 0 Å². The number of nitrogens with one attached hydrogen (secondary N) is 1. The van der Waals surface area contributed by atoms with Crippen LogP contribution in [0.3, 0.4) is 0 Å². The Morgan fingerprint density at radius 2 is 2.03 bits per heavy atom. The molecule has 2 rings (SSSR count). The maximum Gasteiger partial charge on any atom is 0.311 e. The van der Waals surface area contributed by atoms with Gasteiger partial charge < -0.3 is 10.1 Å². The first-order valence-corrected chi connectivity index (χ1v) is 12.3. The molecule has 1 heterocycles. The second-order valence-corrected chi connectivity index (χ2v) is 11.2. The van der Waals surface area contributed by atoms with Crippen LogP contribution in [0.2, 0.25) is 0 Å². The Bertz CT molecular complexity index is 1020. The van der Waals surface area contributed by atoms with E-state index in [1.807, 2.05) is 0 Å². The second kappa shape index (κ2) is 10.4. The number of ether oxygens (including phenoxy) is 1. The maximum absolute atomic E-state index is 12.6. The largest absolute Gasteiger partial charge is 0.466 e. The summed E-state index contributed by atoms with van der Waals surface area (Å²) in [5, 5.41) is 4.09. The standard InChI is InChI=1S/C19H25N3O5S3/c1-6-27-17(23)9-14-11-28-19(20-14)29-13(3)18(24)21-16-10-15(8-7-12(16)2)30(25,26)22(4)5/h7-8,10-11,13H,6,9H2,1-5H3,(H,21,24). The molecular weight excluding hydrogens is 446 g/mol. The van der Waals surface area contributed by atoms with Crippen molar-refractivity contribution in [2.45, 2.75) is 41.7 Å². The van der Waals surface area contributed by atoms with Crippen LogP contribution in [0, 0.1) is 6.92 Å². The number of nitrogens with zero attached hydrogens (tertiary/aromatic N) is 2. The minimum atomic E-state index is -3.60. The number of aromatic nitrogens is 1. The van der Waals surface area contributed by atoms with Crippen molar-refractivity contribution in [2.75, 3.05) is 26.0 Å². The Balaban J connectivity index is 2.06. The summed E-state index contributed by atoms with van der Waals surface area (Å²) < 4.78 is 31.4. The van der Waals surface area contributed by atoms with Gasteiger partial charge in [-0.15, -0.1) is 11.3 Å². The fourth-order valence-electron chi connectivity index (χ4n) is 2.33. The number of esters is 1. The van der Waals surface area contributed by atoms with E-state index in [2.05, 4.69) is 10.3 Å². The van der Waals surface area contributed by atoms with Gasteiger partial charge in [0.1, 0.15) is 0 Å². The van der Waals surface area contributed by atoms with Gasteiger partial charge in [0, 0.05) is 25.2 Å². The van der Waals surface area contributed by atoms with Crippen molar-refractivity contribution in [1.29, 1.82) is 0 Å². The molecule has 0 aliphatic rings. The van der Waals surface area contributed by atoms with Crippen LogP contribution >= 0.6 is 23.1 Å². The quantitative estimate of drug-likeness (QED) is 0.443. The summed E-state index contributed by atoms with van der Waals surface area (Å²) in [7, 11) is -0.692. The number of hydrogen-bond donors (Lipinski definition) is 1. The van der Waals surface area contributed by atoms with Gasteiger partial charge in [-0.1, -0.05) is 17.8 Å². The monoisotopic (exact) mass is 471 g/mol. The predicted octanol–water partition coefficient (Wildman–Crippen LogP) is 2.93. The Kier molecular flexibility index (Phi) is 8.42. The van der Waals surface area contributed by atoms with Crippen LogP contribution in [0.4, 0.5) is 5.69 Å². The van der Waals surface area contributed by atoms with E-state index in [1.54, 1.807) is 32.2 Å². The summed E-state index contributed by atoms with van der Waals surface area (Å²) >= 11 is 2.62. The summed E-state index contributed by atoms with van der Waals surface area (Å²) in [6.45, 7) is 5.59. The normalized spacial score (nSPS) is 12.6. The number of carbonyl (C=O) groups excluding carboxylic acids is 2. The zero-order valence-electron chi connectivity index (χ0n) is 17.5. The fraction of sp³-hybridized carbons (Fsp3) is 0.421. The molecule has 1 amide bonds. The molecule has 0 saturated heterocycles. The Morgan fingerprint density at radius 3 is 2.67 bits per heavy atom. The third-order valence-corrected chi connectivity index (χ3v) is 7.99. The van der Waals surface area contributed by atoms with E-state index in [0.717, 1.165) is 9.87 Å². The van der Waals surface area contributed by atoms with Crippen LogP contribution in [0.25, 0.3) is 0 Å². The van der Waals surface area contributed by atoms with Gasteiger partial charge in [0.05, 0.1) is 28.9 Å². The van der Waals surface area contributed by atoms with E-state index in [-0.39, 0.29) is 23.2 Å². The molecular formula is C19H25N3O5S3. The number of hydrogen-bond acceptors (Lipinski definition) is 8. The highest BCUT2D eigenvalue weighted by molar-refractivity contribution is 8.02. The number of carbonyl (C=O) groups is 2. The summed E-state index contributed by atoms with van der Waals surface area (Å²) in [4.78, 5) is 28.7. The summed E-state index contributed by atoms with van der Waals surface area (Å²) in [6, 6.07) is 4.63. The van der Waals surface area contributed by atoms with Gasteiger partial charge in [-0.2, -0.15) is 0 Å².